The zero-order valence-electron chi connectivity index (χ0n) is 23.1. The third-order valence-electron chi connectivity index (χ3n) is 8.92. The quantitative estimate of drug-likeness (QED) is 0.335. The van der Waals surface area contributed by atoms with Crippen LogP contribution in [0.15, 0.2) is 30.2 Å². The van der Waals surface area contributed by atoms with E-state index in [1.165, 1.54) is 6.33 Å². The zero-order chi connectivity index (χ0) is 26.9. The number of carbonyl (C=O) groups excluding carboxylic acids is 1. The summed E-state index contributed by atoms with van der Waals surface area (Å²) < 4.78 is 20.9. The van der Waals surface area contributed by atoms with Gasteiger partial charge in [-0.3, -0.25) is 0 Å². The molecule has 6 rings (SSSR count). The van der Waals surface area contributed by atoms with Gasteiger partial charge in [0.25, 0.3) is 0 Å². The number of likely N-dealkylation sites (tertiary alicyclic amines) is 1. The lowest BCUT2D eigenvalue weighted by molar-refractivity contribution is -0.160. The molecule has 2 aromatic heterocycles. The highest BCUT2D eigenvalue weighted by atomic mass is 35.5. The van der Waals surface area contributed by atoms with E-state index in [4.69, 9.17) is 25.8 Å². The lowest BCUT2D eigenvalue weighted by Gasteiger charge is -2.42. The maximum atomic E-state index is 12.7. The van der Waals surface area contributed by atoms with Crippen LogP contribution in [0.5, 0.6) is 0 Å². The largest absolute Gasteiger partial charge is 0.444 e. The van der Waals surface area contributed by atoms with Crippen molar-refractivity contribution in [2.24, 2.45) is 11.3 Å². The van der Waals surface area contributed by atoms with Crippen molar-refractivity contribution >= 4 is 28.7 Å². The van der Waals surface area contributed by atoms with Gasteiger partial charge in [0.1, 0.15) is 28.8 Å². The minimum absolute atomic E-state index is 0.0187. The number of hydrogen-bond donors (Lipinski definition) is 0. The Labute approximate surface area is 229 Å². The molecule has 2 aliphatic carbocycles. The van der Waals surface area contributed by atoms with Crippen molar-refractivity contribution in [1.82, 2.24) is 19.4 Å². The Morgan fingerprint density at radius 1 is 1.16 bits per heavy atom. The Kier molecular flexibility index (Phi) is 6.32. The minimum Gasteiger partial charge on any atom is -0.444 e. The molecule has 2 aliphatic heterocycles. The number of piperidine rings is 1. The highest BCUT2D eigenvalue weighted by Crippen LogP contribution is 2.54. The maximum Gasteiger partial charge on any atom is 0.410 e. The van der Waals surface area contributed by atoms with Gasteiger partial charge in [-0.25, -0.2) is 14.8 Å². The van der Waals surface area contributed by atoms with Crippen molar-refractivity contribution in [3.63, 3.8) is 0 Å². The Morgan fingerprint density at radius 2 is 1.89 bits per heavy atom. The minimum atomic E-state index is -0.623. The van der Waals surface area contributed by atoms with Gasteiger partial charge >= 0.3 is 6.09 Å². The second kappa shape index (κ2) is 9.20. The number of ether oxygens (including phenoxy) is 3. The molecule has 0 radical (unpaired) electrons. The van der Waals surface area contributed by atoms with Crippen LogP contribution >= 0.6 is 11.6 Å². The maximum absolute atomic E-state index is 12.7. The summed E-state index contributed by atoms with van der Waals surface area (Å²) in [5.74, 6) is -0.283. The normalized spacial score (nSPS) is 30.2. The molecule has 206 valence electrons. The van der Waals surface area contributed by atoms with Crippen LogP contribution in [0.25, 0.3) is 11.0 Å². The molecule has 3 fully saturated rings. The lowest BCUT2D eigenvalue weighted by atomic mass is 9.70. The molecule has 0 unspecified atom stereocenters. The zero-order valence-corrected chi connectivity index (χ0v) is 23.8. The predicted octanol–water partition coefficient (Wildman–Crippen LogP) is 6.29. The first kappa shape index (κ1) is 26.1. The summed E-state index contributed by atoms with van der Waals surface area (Å²) in [5, 5.41) is 1.33. The van der Waals surface area contributed by atoms with E-state index >= 15 is 0 Å². The molecule has 4 aliphatic rings. The molecular formula is C29H39ClN4O4. The van der Waals surface area contributed by atoms with Crippen LogP contribution in [-0.4, -0.2) is 62.2 Å². The summed E-state index contributed by atoms with van der Waals surface area (Å²) in [6.45, 7) is 11.3. The topological polar surface area (TPSA) is 78.7 Å². The average Bonchev–Trinajstić information content (AvgIpc) is 3.57. The van der Waals surface area contributed by atoms with E-state index in [1.807, 2.05) is 45.6 Å². The predicted molar refractivity (Wildman–Crippen MR) is 145 cm³/mol. The number of rotatable bonds is 3. The van der Waals surface area contributed by atoms with E-state index < -0.39 is 11.4 Å². The van der Waals surface area contributed by atoms with Gasteiger partial charge in [0.15, 0.2) is 5.79 Å². The van der Waals surface area contributed by atoms with E-state index in [1.54, 1.807) is 5.57 Å². The SMILES string of the molecule is CC(C)(C)OC(=O)N1CCC2(CCC=C2C[C@H]2C[C@@H](n3ccc4c(Cl)ncnc43)[C@@H]3OC(C)(C)O[C@H]23)CC1. The van der Waals surface area contributed by atoms with Gasteiger partial charge in [0.05, 0.1) is 17.5 Å². The fraction of sp³-hybridized carbons (Fsp3) is 0.690. The summed E-state index contributed by atoms with van der Waals surface area (Å²) >= 11 is 6.36. The van der Waals surface area contributed by atoms with Crippen LogP contribution < -0.4 is 0 Å². The third-order valence-corrected chi connectivity index (χ3v) is 9.22. The molecule has 2 aromatic rings. The second-order valence-electron chi connectivity index (χ2n) is 13.0. The molecule has 1 saturated carbocycles. The van der Waals surface area contributed by atoms with Gasteiger partial charge in [-0.2, -0.15) is 0 Å². The Balaban J connectivity index is 1.20. The highest BCUT2D eigenvalue weighted by Gasteiger charge is 2.55. The molecule has 8 nitrogen and oxygen atoms in total. The number of aromatic nitrogens is 3. The average molecular weight is 543 g/mol. The summed E-state index contributed by atoms with van der Waals surface area (Å²) in [7, 11) is 0. The van der Waals surface area contributed by atoms with Crippen LogP contribution in [0.3, 0.4) is 0 Å². The molecule has 0 bridgehead atoms. The summed E-state index contributed by atoms with van der Waals surface area (Å²) in [6.07, 6.45) is 12.0. The van der Waals surface area contributed by atoms with E-state index in [0.29, 0.717) is 11.1 Å². The first-order valence-electron chi connectivity index (χ1n) is 13.9. The first-order valence-corrected chi connectivity index (χ1v) is 14.3. The molecule has 0 N–H and O–H groups in total. The molecule has 1 spiro atoms. The van der Waals surface area contributed by atoms with Gasteiger partial charge in [-0.1, -0.05) is 23.3 Å². The Bertz CT molecular complexity index is 1260. The number of allylic oxidation sites excluding steroid dienone is 2. The third kappa shape index (κ3) is 4.62. The van der Waals surface area contributed by atoms with Crippen LogP contribution in [-0.2, 0) is 14.2 Å². The molecular weight excluding hydrogens is 504 g/mol. The van der Waals surface area contributed by atoms with Crippen LogP contribution in [0, 0.1) is 11.3 Å². The van der Waals surface area contributed by atoms with Crippen molar-refractivity contribution in [2.75, 3.05) is 13.1 Å². The molecule has 1 amide bonds. The standard InChI is InChI=1S/C29H39ClN4O4/c1-27(2,3)38-26(35)33-13-10-29(11-14-33)9-6-7-19(29)15-18-16-21(23-22(18)36-28(4,5)37-23)34-12-8-20-24(30)31-17-32-25(20)34/h7-8,12,17-18,21-23H,6,9-11,13-16H2,1-5H3/t18-,21+,22+,23-/m0/s1. The van der Waals surface area contributed by atoms with Crippen molar-refractivity contribution in [3.8, 4) is 0 Å². The van der Waals surface area contributed by atoms with E-state index in [2.05, 4.69) is 26.8 Å². The molecule has 4 atom stereocenters. The monoisotopic (exact) mass is 542 g/mol. The first-order chi connectivity index (χ1) is 17.9. The van der Waals surface area contributed by atoms with Crippen molar-refractivity contribution in [3.05, 3.63) is 35.4 Å². The van der Waals surface area contributed by atoms with Gasteiger partial charge in [0, 0.05) is 19.3 Å². The summed E-state index contributed by atoms with van der Waals surface area (Å²) in [4.78, 5) is 23.3. The number of halogens is 1. The van der Waals surface area contributed by atoms with Crippen LogP contribution in [0.1, 0.15) is 79.2 Å². The van der Waals surface area contributed by atoms with Gasteiger partial charge in [-0.05, 0) is 90.5 Å². The molecule has 38 heavy (non-hydrogen) atoms. The number of carbonyl (C=O) groups is 1. The Morgan fingerprint density at radius 3 is 2.63 bits per heavy atom. The van der Waals surface area contributed by atoms with Gasteiger partial charge in [-0.15, -0.1) is 0 Å². The lowest BCUT2D eigenvalue weighted by Crippen LogP contribution is -2.45. The fourth-order valence-corrected chi connectivity index (χ4v) is 7.42. The summed E-state index contributed by atoms with van der Waals surface area (Å²) in [5.41, 5.74) is 2.08. The second-order valence-corrected chi connectivity index (χ2v) is 13.3. The van der Waals surface area contributed by atoms with Crippen molar-refractivity contribution in [1.29, 1.82) is 0 Å². The van der Waals surface area contributed by atoms with Crippen molar-refractivity contribution < 1.29 is 19.0 Å². The van der Waals surface area contributed by atoms with E-state index in [-0.39, 0.29) is 29.8 Å². The number of hydrogen-bond acceptors (Lipinski definition) is 6. The molecule has 4 heterocycles. The smallest absolute Gasteiger partial charge is 0.410 e. The fourth-order valence-electron chi connectivity index (χ4n) is 7.23. The van der Waals surface area contributed by atoms with Gasteiger partial charge < -0.3 is 23.7 Å². The number of nitrogens with zero attached hydrogens (tertiary/aromatic N) is 4. The van der Waals surface area contributed by atoms with E-state index in [0.717, 1.165) is 62.6 Å². The van der Waals surface area contributed by atoms with Crippen molar-refractivity contribution in [2.45, 2.75) is 103 Å². The molecule has 2 saturated heterocycles. The molecule has 0 aromatic carbocycles. The van der Waals surface area contributed by atoms with E-state index in [9.17, 15) is 4.79 Å². The number of amides is 1. The van der Waals surface area contributed by atoms with Crippen LogP contribution in [0.4, 0.5) is 4.79 Å². The van der Waals surface area contributed by atoms with Crippen LogP contribution in [0.2, 0.25) is 5.15 Å². The summed E-state index contributed by atoms with van der Waals surface area (Å²) in [6, 6.07) is 2.11. The Hall–Kier alpha value is -2.16. The highest BCUT2D eigenvalue weighted by molar-refractivity contribution is 6.33. The number of fused-ring (bicyclic) bond motifs is 2. The van der Waals surface area contributed by atoms with Gasteiger partial charge in [0.2, 0.25) is 0 Å². The molecule has 9 heteroatoms.